The fraction of sp³-hybridized carbons (Fsp3) is 0.111. The van der Waals surface area contributed by atoms with Gasteiger partial charge < -0.3 is 9.84 Å². The monoisotopic (exact) mass is 264 g/mol. The van der Waals surface area contributed by atoms with Crippen molar-refractivity contribution in [3.8, 4) is 22.6 Å². The van der Waals surface area contributed by atoms with Crippen LogP contribution in [0.5, 0.6) is 11.5 Å². The Bertz CT molecular complexity index is 758. The molecule has 0 aromatic heterocycles. The third kappa shape index (κ3) is 2.21. The van der Waals surface area contributed by atoms with Crippen LogP contribution < -0.4 is 4.74 Å². The quantitative estimate of drug-likeness (QED) is 0.737. The molecule has 3 rings (SSSR count). The zero-order valence-electron chi connectivity index (χ0n) is 11.6. The molecule has 0 bridgehead atoms. The Balaban J connectivity index is 2.17. The van der Waals surface area contributed by atoms with Crippen LogP contribution in [0.4, 0.5) is 0 Å². The highest BCUT2D eigenvalue weighted by molar-refractivity contribution is 5.93. The van der Waals surface area contributed by atoms with E-state index < -0.39 is 0 Å². The maximum Gasteiger partial charge on any atom is 0.124 e. The van der Waals surface area contributed by atoms with Gasteiger partial charge in [-0.1, -0.05) is 35.9 Å². The van der Waals surface area contributed by atoms with Gasteiger partial charge in [0.1, 0.15) is 11.5 Å². The van der Waals surface area contributed by atoms with Gasteiger partial charge in [-0.25, -0.2) is 0 Å². The first-order valence-corrected chi connectivity index (χ1v) is 6.55. The van der Waals surface area contributed by atoms with Crippen molar-refractivity contribution in [2.45, 2.75) is 6.92 Å². The number of ether oxygens (including phenoxy) is 1. The molecule has 1 N–H and O–H groups in total. The summed E-state index contributed by atoms with van der Waals surface area (Å²) in [7, 11) is 1.62. The fourth-order valence-electron chi connectivity index (χ4n) is 2.36. The molecule has 0 amide bonds. The van der Waals surface area contributed by atoms with Crippen LogP contribution in [-0.2, 0) is 0 Å². The Morgan fingerprint density at radius 2 is 1.60 bits per heavy atom. The number of hydrogen-bond donors (Lipinski definition) is 1. The number of phenolic OH excluding ortho intramolecular Hbond substituents is 1. The number of aromatic hydroxyl groups is 1. The molecule has 3 aromatic carbocycles. The van der Waals surface area contributed by atoms with Crippen molar-refractivity contribution in [3.05, 3.63) is 60.2 Å². The second-order valence-electron chi connectivity index (χ2n) is 4.95. The van der Waals surface area contributed by atoms with E-state index >= 15 is 0 Å². The minimum Gasteiger partial charge on any atom is -0.507 e. The molecule has 2 heteroatoms. The van der Waals surface area contributed by atoms with Crippen molar-refractivity contribution < 1.29 is 9.84 Å². The van der Waals surface area contributed by atoms with E-state index in [0.717, 1.165) is 27.6 Å². The Morgan fingerprint density at radius 1 is 0.850 bits per heavy atom. The maximum atomic E-state index is 10.2. The van der Waals surface area contributed by atoms with Crippen molar-refractivity contribution in [1.82, 2.24) is 0 Å². The summed E-state index contributed by atoms with van der Waals surface area (Å²) in [6.45, 7) is 2.06. The van der Waals surface area contributed by atoms with E-state index in [2.05, 4.69) is 37.3 Å². The van der Waals surface area contributed by atoms with Crippen LogP contribution in [0.1, 0.15) is 5.56 Å². The molecule has 0 spiro atoms. The topological polar surface area (TPSA) is 29.5 Å². The molecular weight excluding hydrogens is 248 g/mol. The summed E-state index contributed by atoms with van der Waals surface area (Å²) in [6, 6.07) is 17.9. The molecule has 0 fully saturated rings. The molecule has 0 aliphatic rings. The predicted molar refractivity (Wildman–Crippen MR) is 82.3 cm³/mol. The number of aryl methyl sites for hydroxylation is 1. The molecule has 20 heavy (non-hydrogen) atoms. The largest absolute Gasteiger partial charge is 0.507 e. The van der Waals surface area contributed by atoms with Crippen molar-refractivity contribution >= 4 is 10.8 Å². The Hall–Kier alpha value is -2.48. The van der Waals surface area contributed by atoms with Crippen molar-refractivity contribution in [1.29, 1.82) is 0 Å². The van der Waals surface area contributed by atoms with E-state index in [1.54, 1.807) is 13.2 Å². The average molecular weight is 264 g/mol. The molecule has 0 saturated heterocycles. The maximum absolute atomic E-state index is 10.2. The SMILES string of the molecule is COc1ccc2cc(-c3ccc(C)cc3)cc(O)c2c1. The lowest BCUT2D eigenvalue weighted by molar-refractivity contribution is 0.415. The van der Waals surface area contributed by atoms with Crippen LogP contribution >= 0.6 is 0 Å². The van der Waals surface area contributed by atoms with E-state index in [9.17, 15) is 5.11 Å². The number of methoxy groups -OCH3 is 1. The van der Waals surface area contributed by atoms with Crippen LogP contribution in [0.25, 0.3) is 21.9 Å². The van der Waals surface area contributed by atoms with Gasteiger partial charge in [0, 0.05) is 5.39 Å². The van der Waals surface area contributed by atoms with Gasteiger partial charge in [-0.15, -0.1) is 0 Å². The van der Waals surface area contributed by atoms with E-state index in [1.807, 2.05) is 18.2 Å². The summed E-state index contributed by atoms with van der Waals surface area (Å²) >= 11 is 0. The molecule has 0 aliphatic carbocycles. The smallest absolute Gasteiger partial charge is 0.124 e. The summed E-state index contributed by atoms with van der Waals surface area (Å²) in [5, 5.41) is 12.0. The van der Waals surface area contributed by atoms with Crippen LogP contribution in [0, 0.1) is 6.92 Å². The molecule has 100 valence electrons. The van der Waals surface area contributed by atoms with Gasteiger partial charge in [-0.2, -0.15) is 0 Å². The van der Waals surface area contributed by atoms with E-state index in [4.69, 9.17) is 4.74 Å². The molecule has 0 saturated carbocycles. The first-order chi connectivity index (χ1) is 9.67. The van der Waals surface area contributed by atoms with E-state index in [-0.39, 0.29) is 5.75 Å². The molecule has 0 radical (unpaired) electrons. The van der Waals surface area contributed by atoms with Crippen LogP contribution in [0.15, 0.2) is 54.6 Å². The van der Waals surface area contributed by atoms with Gasteiger partial charge in [0.15, 0.2) is 0 Å². The fourth-order valence-corrected chi connectivity index (χ4v) is 2.36. The highest BCUT2D eigenvalue weighted by Gasteiger charge is 2.06. The van der Waals surface area contributed by atoms with Crippen molar-refractivity contribution in [2.75, 3.05) is 7.11 Å². The normalized spacial score (nSPS) is 10.7. The van der Waals surface area contributed by atoms with Gasteiger partial charge >= 0.3 is 0 Å². The molecular formula is C18H16O2. The Labute approximate surface area is 118 Å². The van der Waals surface area contributed by atoms with Crippen molar-refractivity contribution in [2.24, 2.45) is 0 Å². The highest BCUT2D eigenvalue weighted by Crippen LogP contribution is 2.33. The van der Waals surface area contributed by atoms with Crippen LogP contribution in [0.3, 0.4) is 0 Å². The third-order valence-corrected chi connectivity index (χ3v) is 3.52. The zero-order valence-corrected chi connectivity index (χ0v) is 11.6. The molecule has 0 aliphatic heterocycles. The van der Waals surface area contributed by atoms with Crippen LogP contribution in [-0.4, -0.2) is 12.2 Å². The zero-order chi connectivity index (χ0) is 14.1. The molecule has 2 nitrogen and oxygen atoms in total. The summed E-state index contributed by atoms with van der Waals surface area (Å²) in [4.78, 5) is 0. The lowest BCUT2D eigenvalue weighted by Crippen LogP contribution is -1.84. The predicted octanol–water partition coefficient (Wildman–Crippen LogP) is 4.53. The van der Waals surface area contributed by atoms with Crippen molar-refractivity contribution in [3.63, 3.8) is 0 Å². The number of hydrogen-bond acceptors (Lipinski definition) is 2. The average Bonchev–Trinajstić information content (AvgIpc) is 2.47. The second kappa shape index (κ2) is 4.89. The molecule has 0 unspecified atom stereocenters. The number of fused-ring (bicyclic) bond motifs is 1. The number of phenols is 1. The first-order valence-electron chi connectivity index (χ1n) is 6.55. The summed E-state index contributed by atoms with van der Waals surface area (Å²) < 4.78 is 5.19. The minimum absolute atomic E-state index is 0.275. The van der Waals surface area contributed by atoms with Gasteiger partial charge in [0.25, 0.3) is 0 Å². The highest BCUT2D eigenvalue weighted by atomic mass is 16.5. The minimum atomic E-state index is 0.275. The van der Waals surface area contributed by atoms with Gasteiger partial charge in [-0.3, -0.25) is 0 Å². The first kappa shape index (κ1) is 12.5. The van der Waals surface area contributed by atoms with Gasteiger partial charge in [-0.05, 0) is 47.7 Å². The summed E-state index contributed by atoms with van der Waals surface area (Å²) in [5.74, 6) is 1.02. The molecule has 0 atom stereocenters. The Morgan fingerprint density at radius 3 is 2.30 bits per heavy atom. The van der Waals surface area contributed by atoms with Crippen LogP contribution in [0.2, 0.25) is 0 Å². The third-order valence-electron chi connectivity index (χ3n) is 3.52. The van der Waals surface area contributed by atoms with Gasteiger partial charge in [0.2, 0.25) is 0 Å². The lowest BCUT2D eigenvalue weighted by atomic mass is 9.99. The Kier molecular flexibility index (Phi) is 3.07. The standard InChI is InChI=1S/C18H16O2/c1-12-3-5-13(6-4-12)15-9-14-7-8-16(20-2)11-17(14)18(19)10-15/h3-11,19H,1-2H3. The number of rotatable bonds is 2. The summed E-state index contributed by atoms with van der Waals surface area (Å²) in [6.07, 6.45) is 0. The molecule has 0 heterocycles. The lowest BCUT2D eigenvalue weighted by Gasteiger charge is -2.08. The molecule has 3 aromatic rings. The van der Waals surface area contributed by atoms with E-state index in [1.165, 1.54) is 5.56 Å². The van der Waals surface area contributed by atoms with E-state index in [0.29, 0.717) is 0 Å². The number of benzene rings is 3. The second-order valence-corrected chi connectivity index (χ2v) is 4.95. The summed E-state index contributed by atoms with van der Waals surface area (Å²) in [5.41, 5.74) is 3.34. The van der Waals surface area contributed by atoms with Gasteiger partial charge in [0.05, 0.1) is 7.11 Å².